The van der Waals surface area contributed by atoms with E-state index in [2.05, 4.69) is 29.5 Å². The summed E-state index contributed by atoms with van der Waals surface area (Å²) in [6.07, 6.45) is 7.90. The molecule has 0 spiro atoms. The van der Waals surface area contributed by atoms with Gasteiger partial charge in [0.1, 0.15) is 0 Å². The molecule has 1 fully saturated rings. The highest BCUT2D eigenvalue weighted by Crippen LogP contribution is 2.24. The van der Waals surface area contributed by atoms with Crippen molar-refractivity contribution in [3.8, 4) is 0 Å². The molecule has 0 aromatic carbocycles. The average molecular weight is 266 g/mol. The molecular formula is C14H26N4O. The van der Waals surface area contributed by atoms with Crippen molar-refractivity contribution in [2.45, 2.75) is 64.6 Å². The molecule has 2 atom stereocenters. The fraction of sp³-hybridized carbons (Fsp3) is 0.857. The minimum Gasteiger partial charge on any atom is -0.378 e. The van der Waals surface area contributed by atoms with Crippen LogP contribution in [0.2, 0.25) is 0 Å². The summed E-state index contributed by atoms with van der Waals surface area (Å²) in [7, 11) is 0. The van der Waals surface area contributed by atoms with Crippen LogP contribution in [0.4, 0.5) is 0 Å². The van der Waals surface area contributed by atoms with Crippen molar-refractivity contribution in [1.82, 2.24) is 20.3 Å². The van der Waals surface area contributed by atoms with Gasteiger partial charge in [-0.1, -0.05) is 19.1 Å². The predicted molar refractivity (Wildman–Crippen MR) is 74.9 cm³/mol. The second-order valence-electron chi connectivity index (χ2n) is 5.26. The van der Waals surface area contributed by atoms with Crippen LogP contribution in [-0.2, 0) is 11.3 Å². The van der Waals surface area contributed by atoms with E-state index in [0.717, 1.165) is 39.0 Å². The fourth-order valence-electron chi connectivity index (χ4n) is 2.64. The van der Waals surface area contributed by atoms with Gasteiger partial charge in [0.15, 0.2) is 0 Å². The maximum atomic E-state index is 5.77. The van der Waals surface area contributed by atoms with Gasteiger partial charge in [-0.2, -0.15) is 0 Å². The van der Waals surface area contributed by atoms with Crippen LogP contribution >= 0.6 is 0 Å². The summed E-state index contributed by atoms with van der Waals surface area (Å²) in [5, 5.41) is 11.9. The summed E-state index contributed by atoms with van der Waals surface area (Å²) in [6, 6.07) is 0.310. The van der Waals surface area contributed by atoms with E-state index in [1.807, 2.05) is 10.9 Å². The standard InChI is InChI=1S/C14H26N4O/c1-3-7-15-13(10-12-6-5-9-19-12)14-11-16-17-18(14)8-4-2/h11-13,15H,3-10H2,1-2H3. The van der Waals surface area contributed by atoms with Crippen LogP contribution in [0.15, 0.2) is 6.20 Å². The summed E-state index contributed by atoms with van der Waals surface area (Å²) >= 11 is 0. The van der Waals surface area contributed by atoms with Crippen LogP contribution in [0.25, 0.3) is 0 Å². The molecule has 108 valence electrons. The Labute approximate surface area is 115 Å². The van der Waals surface area contributed by atoms with E-state index in [1.54, 1.807) is 0 Å². The Kier molecular flexibility index (Phi) is 5.79. The molecule has 2 heterocycles. The summed E-state index contributed by atoms with van der Waals surface area (Å²) in [5.41, 5.74) is 1.20. The molecule has 0 saturated carbocycles. The molecule has 1 aromatic rings. The highest BCUT2D eigenvalue weighted by molar-refractivity contribution is 5.03. The monoisotopic (exact) mass is 266 g/mol. The Morgan fingerprint density at radius 2 is 2.37 bits per heavy atom. The molecule has 0 bridgehead atoms. The molecule has 1 aliphatic rings. The number of aromatic nitrogens is 3. The molecule has 2 unspecified atom stereocenters. The molecule has 19 heavy (non-hydrogen) atoms. The Hall–Kier alpha value is -0.940. The molecule has 5 nitrogen and oxygen atoms in total. The van der Waals surface area contributed by atoms with E-state index in [9.17, 15) is 0 Å². The molecule has 0 radical (unpaired) electrons. The van der Waals surface area contributed by atoms with Crippen molar-refractivity contribution >= 4 is 0 Å². The number of ether oxygens (including phenoxy) is 1. The number of hydrogen-bond donors (Lipinski definition) is 1. The number of nitrogens with one attached hydrogen (secondary N) is 1. The highest BCUT2D eigenvalue weighted by Gasteiger charge is 2.24. The molecular weight excluding hydrogens is 240 g/mol. The SMILES string of the molecule is CCCNC(CC1CCCO1)c1cnnn1CCC. The maximum Gasteiger partial charge on any atom is 0.0757 e. The lowest BCUT2D eigenvalue weighted by Crippen LogP contribution is -2.28. The molecule has 1 aliphatic heterocycles. The van der Waals surface area contributed by atoms with E-state index in [4.69, 9.17) is 4.74 Å². The second-order valence-corrected chi connectivity index (χ2v) is 5.26. The first kappa shape index (κ1) is 14.5. The van der Waals surface area contributed by atoms with Crippen molar-refractivity contribution in [3.05, 3.63) is 11.9 Å². The Bertz CT molecular complexity index is 360. The first-order valence-electron chi connectivity index (χ1n) is 7.58. The summed E-state index contributed by atoms with van der Waals surface area (Å²) < 4.78 is 7.80. The predicted octanol–water partition coefficient (Wildman–Crippen LogP) is 2.30. The maximum absolute atomic E-state index is 5.77. The fourth-order valence-corrected chi connectivity index (χ4v) is 2.64. The Morgan fingerprint density at radius 1 is 1.47 bits per heavy atom. The lowest BCUT2D eigenvalue weighted by atomic mass is 10.0. The Morgan fingerprint density at radius 3 is 3.05 bits per heavy atom. The van der Waals surface area contributed by atoms with Crippen molar-refractivity contribution in [2.24, 2.45) is 0 Å². The number of rotatable bonds is 8. The topological polar surface area (TPSA) is 52.0 Å². The van der Waals surface area contributed by atoms with Gasteiger partial charge in [-0.05, 0) is 38.6 Å². The first-order chi connectivity index (χ1) is 9.35. The van der Waals surface area contributed by atoms with Crippen molar-refractivity contribution < 1.29 is 4.74 Å². The van der Waals surface area contributed by atoms with E-state index in [-0.39, 0.29) is 0 Å². The summed E-state index contributed by atoms with van der Waals surface area (Å²) in [4.78, 5) is 0. The van der Waals surface area contributed by atoms with Gasteiger partial charge in [-0.3, -0.25) is 0 Å². The van der Waals surface area contributed by atoms with Crippen LogP contribution in [0.5, 0.6) is 0 Å². The molecule has 2 rings (SSSR count). The van der Waals surface area contributed by atoms with Gasteiger partial charge in [0, 0.05) is 13.2 Å². The van der Waals surface area contributed by atoms with E-state index < -0.39 is 0 Å². The van der Waals surface area contributed by atoms with Gasteiger partial charge in [0.25, 0.3) is 0 Å². The van der Waals surface area contributed by atoms with Crippen LogP contribution in [0.1, 0.15) is 57.7 Å². The lowest BCUT2D eigenvalue weighted by molar-refractivity contribution is 0.0936. The third-order valence-corrected chi connectivity index (χ3v) is 3.60. The van der Waals surface area contributed by atoms with Crippen LogP contribution in [0.3, 0.4) is 0 Å². The van der Waals surface area contributed by atoms with Crippen LogP contribution in [-0.4, -0.2) is 34.2 Å². The third-order valence-electron chi connectivity index (χ3n) is 3.60. The largest absolute Gasteiger partial charge is 0.378 e. The van der Waals surface area contributed by atoms with Crippen molar-refractivity contribution in [1.29, 1.82) is 0 Å². The second kappa shape index (κ2) is 7.60. The first-order valence-corrected chi connectivity index (χ1v) is 7.58. The van der Waals surface area contributed by atoms with Gasteiger partial charge in [0.05, 0.1) is 24.0 Å². The summed E-state index contributed by atoms with van der Waals surface area (Å²) in [6.45, 7) is 7.23. The highest BCUT2D eigenvalue weighted by atomic mass is 16.5. The normalized spacial score (nSPS) is 20.8. The van der Waals surface area contributed by atoms with Gasteiger partial charge < -0.3 is 10.1 Å². The number of hydrogen-bond acceptors (Lipinski definition) is 4. The minimum absolute atomic E-state index is 0.310. The quantitative estimate of drug-likeness (QED) is 0.784. The molecule has 0 aliphatic carbocycles. The molecule has 5 heteroatoms. The van der Waals surface area contributed by atoms with Gasteiger partial charge in [-0.15, -0.1) is 5.10 Å². The van der Waals surface area contributed by atoms with Crippen LogP contribution < -0.4 is 5.32 Å². The zero-order valence-electron chi connectivity index (χ0n) is 12.1. The van der Waals surface area contributed by atoms with Gasteiger partial charge in [-0.25, -0.2) is 4.68 Å². The molecule has 1 N–H and O–H groups in total. The van der Waals surface area contributed by atoms with E-state index >= 15 is 0 Å². The zero-order valence-corrected chi connectivity index (χ0v) is 12.1. The minimum atomic E-state index is 0.310. The third kappa shape index (κ3) is 4.01. The zero-order chi connectivity index (χ0) is 13.5. The lowest BCUT2D eigenvalue weighted by Gasteiger charge is -2.22. The number of aryl methyl sites for hydroxylation is 1. The van der Waals surface area contributed by atoms with Gasteiger partial charge in [0.2, 0.25) is 0 Å². The average Bonchev–Trinajstić information content (AvgIpc) is 3.06. The van der Waals surface area contributed by atoms with Crippen molar-refractivity contribution in [3.63, 3.8) is 0 Å². The van der Waals surface area contributed by atoms with Crippen molar-refractivity contribution in [2.75, 3.05) is 13.2 Å². The molecule has 1 aromatic heterocycles. The van der Waals surface area contributed by atoms with Crippen LogP contribution in [0, 0.1) is 0 Å². The van der Waals surface area contributed by atoms with E-state index in [0.29, 0.717) is 12.1 Å². The molecule has 1 saturated heterocycles. The summed E-state index contributed by atoms with van der Waals surface area (Å²) in [5.74, 6) is 0. The molecule has 0 amide bonds. The Balaban J connectivity index is 2.03. The number of nitrogens with zero attached hydrogens (tertiary/aromatic N) is 3. The smallest absolute Gasteiger partial charge is 0.0757 e. The van der Waals surface area contributed by atoms with E-state index in [1.165, 1.54) is 18.5 Å². The van der Waals surface area contributed by atoms with Gasteiger partial charge >= 0.3 is 0 Å².